The summed E-state index contributed by atoms with van der Waals surface area (Å²) >= 11 is 0. The molecular weight excluding hydrogens is 271 g/mol. The number of aryl methyl sites for hydroxylation is 1. The van der Waals surface area contributed by atoms with Gasteiger partial charge in [-0.15, -0.1) is 0 Å². The van der Waals surface area contributed by atoms with Crippen LogP contribution in [0.5, 0.6) is 11.5 Å². The molecule has 1 heterocycles. The number of benzene rings is 2. The molecule has 1 aliphatic rings. The van der Waals surface area contributed by atoms with Gasteiger partial charge in [-0.3, -0.25) is 0 Å². The molecule has 2 aromatic rings. The number of hydrogen-bond acceptors (Lipinski definition) is 4. The maximum Gasteiger partial charge on any atom is 0.188 e. The van der Waals surface area contributed by atoms with Gasteiger partial charge in [0.15, 0.2) is 5.54 Å². The van der Waals surface area contributed by atoms with Crippen LogP contribution in [0.3, 0.4) is 0 Å². The van der Waals surface area contributed by atoms with Crippen LogP contribution < -0.4 is 10.1 Å². The minimum atomic E-state index is -1.09. The quantitative estimate of drug-likeness (QED) is 0.889. The fraction of sp³-hybridized carbons (Fsp3) is 0.188. The molecule has 1 aliphatic heterocycles. The highest BCUT2D eigenvalue weighted by Gasteiger charge is 2.41. The summed E-state index contributed by atoms with van der Waals surface area (Å²) in [4.78, 5) is 0. The van der Waals surface area contributed by atoms with Crippen molar-refractivity contribution in [1.29, 1.82) is 5.26 Å². The zero-order valence-corrected chi connectivity index (χ0v) is 11.4. The van der Waals surface area contributed by atoms with Gasteiger partial charge in [0.05, 0.1) is 6.07 Å². The van der Waals surface area contributed by atoms with Gasteiger partial charge >= 0.3 is 0 Å². The number of aromatic hydroxyl groups is 1. The van der Waals surface area contributed by atoms with Crippen molar-refractivity contribution in [3.63, 3.8) is 0 Å². The van der Waals surface area contributed by atoms with Gasteiger partial charge in [0.1, 0.15) is 23.9 Å². The first-order valence-electron chi connectivity index (χ1n) is 6.45. The molecule has 0 saturated heterocycles. The highest BCUT2D eigenvalue weighted by Crippen LogP contribution is 2.40. The molecule has 0 fully saturated rings. The average molecular weight is 284 g/mol. The molecule has 3 rings (SSSR count). The van der Waals surface area contributed by atoms with Gasteiger partial charge in [-0.1, -0.05) is 0 Å². The number of anilines is 1. The molecule has 5 heteroatoms. The number of phenolic OH excluding ortho intramolecular Hbond substituents is 1. The monoisotopic (exact) mass is 284 g/mol. The SMILES string of the molecule is Cc1cc(F)cc(NC2(C#N)COc3cc(O)ccc32)c1. The third-order valence-electron chi connectivity index (χ3n) is 3.46. The van der Waals surface area contributed by atoms with Crippen LogP contribution in [-0.2, 0) is 5.54 Å². The molecule has 4 nitrogen and oxygen atoms in total. The first kappa shape index (κ1) is 13.3. The summed E-state index contributed by atoms with van der Waals surface area (Å²) in [5.41, 5.74) is 0.808. The van der Waals surface area contributed by atoms with Crippen molar-refractivity contribution < 1.29 is 14.2 Å². The third kappa shape index (κ3) is 2.25. The van der Waals surface area contributed by atoms with Crippen LogP contribution in [0.4, 0.5) is 10.1 Å². The molecule has 2 aromatic carbocycles. The summed E-state index contributed by atoms with van der Waals surface area (Å²) in [7, 11) is 0. The maximum absolute atomic E-state index is 13.5. The number of phenols is 1. The van der Waals surface area contributed by atoms with Crippen molar-refractivity contribution in [2.75, 3.05) is 11.9 Å². The van der Waals surface area contributed by atoms with E-state index in [-0.39, 0.29) is 18.2 Å². The molecule has 0 saturated carbocycles. The number of nitrogens with zero attached hydrogens (tertiary/aromatic N) is 1. The lowest BCUT2D eigenvalue weighted by molar-refractivity contribution is 0.313. The van der Waals surface area contributed by atoms with E-state index >= 15 is 0 Å². The van der Waals surface area contributed by atoms with E-state index in [1.807, 2.05) is 0 Å². The largest absolute Gasteiger partial charge is 0.508 e. The molecule has 0 spiro atoms. The van der Waals surface area contributed by atoms with E-state index in [0.29, 0.717) is 17.0 Å². The topological polar surface area (TPSA) is 65.3 Å². The van der Waals surface area contributed by atoms with Crippen LogP contribution in [0.1, 0.15) is 11.1 Å². The molecule has 1 unspecified atom stereocenters. The summed E-state index contributed by atoms with van der Waals surface area (Å²) < 4.78 is 19.0. The van der Waals surface area contributed by atoms with Gasteiger partial charge in [-0.25, -0.2) is 4.39 Å². The van der Waals surface area contributed by atoms with Gasteiger partial charge in [0, 0.05) is 17.3 Å². The van der Waals surface area contributed by atoms with E-state index < -0.39 is 5.54 Å². The molecule has 0 aliphatic carbocycles. The van der Waals surface area contributed by atoms with Crippen molar-refractivity contribution in [2.45, 2.75) is 12.5 Å². The van der Waals surface area contributed by atoms with E-state index in [2.05, 4.69) is 11.4 Å². The second-order valence-corrected chi connectivity index (χ2v) is 5.13. The molecule has 21 heavy (non-hydrogen) atoms. The fourth-order valence-corrected chi connectivity index (χ4v) is 2.53. The van der Waals surface area contributed by atoms with Gasteiger partial charge in [-0.2, -0.15) is 5.26 Å². The number of nitrogens with one attached hydrogen (secondary N) is 1. The number of ether oxygens (including phenoxy) is 1. The molecule has 0 aromatic heterocycles. The molecule has 106 valence electrons. The van der Waals surface area contributed by atoms with Gasteiger partial charge in [0.2, 0.25) is 0 Å². The smallest absolute Gasteiger partial charge is 0.188 e. The Bertz CT molecular complexity index is 734. The highest BCUT2D eigenvalue weighted by atomic mass is 19.1. The lowest BCUT2D eigenvalue weighted by Gasteiger charge is -2.23. The van der Waals surface area contributed by atoms with Crippen LogP contribution in [0.15, 0.2) is 36.4 Å². The van der Waals surface area contributed by atoms with Crippen LogP contribution in [-0.4, -0.2) is 11.7 Å². The summed E-state index contributed by atoms with van der Waals surface area (Å²) in [6.07, 6.45) is 0. The van der Waals surface area contributed by atoms with Crippen molar-refractivity contribution >= 4 is 5.69 Å². The van der Waals surface area contributed by atoms with Crippen molar-refractivity contribution in [1.82, 2.24) is 0 Å². The Morgan fingerprint density at radius 2 is 2.14 bits per heavy atom. The van der Waals surface area contributed by atoms with Crippen LogP contribution in [0, 0.1) is 24.1 Å². The van der Waals surface area contributed by atoms with Crippen LogP contribution >= 0.6 is 0 Å². The minimum Gasteiger partial charge on any atom is -0.508 e. The number of rotatable bonds is 2. The van der Waals surface area contributed by atoms with Gasteiger partial charge in [0.25, 0.3) is 0 Å². The Hall–Kier alpha value is -2.74. The van der Waals surface area contributed by atoms with Gasteiger partial charge < -0.3 is 15.2 Å². The van der Waals surface area contributed by atoms with E-state index in [0.717, 1.165) is 5.56 Å². The molecule has 0 bridgehead atoms. The normalized spacial score (nSPS) is 19.5. The number of fused-ring (bicyclic) bond motifs is 1. The van der Waals surface area contributed by atoms with Gasteiger partial charge in [-0.05, 0) is 42.8 Å². The summed E-state index contributed by atoms with van der Waals surface area (Å²) in [5, 5.41) is 22.1. The Kier molecular flexibility index (Phi) is 2.95. The third-order valence-corrected chi connectivity index (χ3v) is 3.46. The van der Waals surface area contributed by atoms with Crippen molar-refractivity contribution in [3.8, 4) is 17.6 Å². The summed E-state index contributed by atoms with van der Waals surface area (Å²) in [6.45, 7) is 1.88. The molecular formula is C16H13FN2O2. The Morgan fingerprint density at radius 1 is 1.33 bits per heavy atom. The Morgan fingerprint density at radius 3 is 2.86 bits per heavy atom. The van der Waals surface area contributed by atoms with E-state index in [1.54, 1.807) is 19.1 Å². The average Bonchev–Trinajstić information content (AvgIpc) is 2.76. The number of nitriles is 1. The number of hydrogen-bond donors (Lipinski definition) is 2. The molecule has 0 radical (unpaired) electrons. The van der Waals surface area contributed by atoms with E-state index in [4.69, 9.17) is 4.74 Å². The first-order valence-corrected chi connectivity index (χ1v) is 6.45. The van der Waals surface area contributed by atoms with Crippen LogP contribution in [0.25, 0.3) is 0 Å². The van der Waals surface area contributed by atoms with Crippen molar-refractivity contribution in [2.24, 2.45) is 0 Å². The zero-order valence-electron chi connectivity index (χ0n) is 11.4. The molecule has 0 amide bonds. The van der Waals surface area contributed by atoms with Crippen molar-refractivity contribution in [3.05, 3.63) is 53.3 Å². The lowest BCUT2D eigenvalue weighted by atomic mass is 9.93. The predicted molar refractivity (Wildman–Crippen MR) is 75.7 cm³/mol. The molecule has 2 N–H and O–H groups in total. The zero-order chi connectivity index (χ0) is 15.0. The highest BCUT2D eigenvalue weighted by molar-refractivity contribution is 5.58. The number of halogens is 1. The summed E-state index contributed by atoms with van der Waals surface area (Å²) in [6, 6.07) is 11.3. The lowest BCUT2D eigenvalue weighted by Crippen LogP contribution is -2.35. The second-order valence-electron chi connectivity index (χ2n) is 5.13. The Balaban J connectivity index is 2.02. The minimum absolute atomic E-state index is 0.0732. The predicted octanol–water partition coefficient (Wildman–Crippen LogP) is 3.06. The maximum atomic E-state index is 13.5. The van der Waals surface area contributed by atoms with Crippen LogP contribution in [0.2, 0.25) is 0 Å². The van der Waals surface area contributed by atoms with E-state index in [9.17, 15) is 14.8 Å². The second kappa shape index (κ2) is 4.67. The van der Waals surface area contributed by atoms with E-state index in [1.165, 1.54) is 24.3 Å². The Labute approximate surface area is 121 Å². The summed E-state index contributed by atoms with van der Waals surface area (Å²) in [5.74, 6) is 0.164. The fourth-order valence-electron chi connectivity index (χ4n) is 2.53. The first-order chi connectivity index (χ1) is 10.0. The standard InChI is InChI=1S/C16H13FN2O2/c1-10-4-11(17)6-12(5-10)19-16(8-18)9-21-15-7-13(20)2-3-14(15)16/h2-7,19-20H,9H2,1H3. The molecule has 1 atom stereocenters.